The van der Waals surface area contributed by atoms with E-state index in [9.17, 15) is 4.79 Å². The monoisotopic (exact) mass is 171 g/mol. The van der Waals surface area contributed by atoms with Crippen LogP contribution in [0.1, 0.15) is 22.8 Å². The molecule has 0 aliphatic rings. The molecule has 13 heavy (non-hydrogen) atoms. The lowest BCUT2D eigenvalue weighted by atomic mass is 10.0. The Bertz CT molecular complexity index is 399. The average Bonchev–Trinajstić information content (AvgIpc) is 2.16. The fourth-order valence-corrected chi connectivity index (χ4v) is 0.976. The SMILES string of the molecule is C=C(C)C(=O)c1cccc(C#N)c1. The molecule has 0 aliphatic carbocycles. The molecule has 1 aromatic carbocycles. The summed E-state index contributed by atoms with van der Waals surface area (Å²) in [6.07, 6.45) is 0. The second kappa shape index (κ2) is 3.68. The summed E-state index contributed by atoms with van der Waals surface area (Å²) < 4.78 is 0. The van der Waals surface area contributed by atoms with Crippen molar-refractivity contribution in [1.29, 1.82) is 5.26 Å². The van der Waals surface area contributed by atoms with Gasteiger partial charge < -0.3 is 0 Å². The maximum Gasteiger partial charge on any atom is 0.188 e. The Morgan fingerprint density at radius 2 is 2.23 bits per heavy atom. The van der Waals surface area contributed by atoms with Crippen LogP contribution < -0.4 is 0 Å². The summed E-state index contributed by atoms with van der Waals surface area (Å²) in [5.74, 6) is -0.114. The number of allylic oxidation sites excluding steroid dienone is 1. The van der Waals surface area contributed by atoms with Crippen LogP contribution in [0.3, 0.4) is 0 Å². The van der Waals surface area contributed by atoms with Crippen molar-refractivity contribution in [2.24, 2.45) is 0 Å². The number of Topliss-reactive ketones (excluding diaryl/α,β-unsaturated/α-hetero) is 1. The first kappa shape index (κ1) is 9.21. The number of ketones is 1. The highest BCUT2D eigenvalue weighted by molar-refractivity contribution is 6.08. The van der Waals surface area contributed by atoms with Crippen molar-refractivity contribution in [1.82, 2.24) is 0 Å². The van der Waals surface area contributed by atoms with Gasteiger partial charge in [-0.15, -0.1) is 0 Å². The Labute approximate surface area is 77.1 Å². The van der Waals surface area contributed by atoms with Crippen molar-refractivity contribution in [3.8, 4) is 6.07 Å². The molecule has 2 nitrogen and oxygen atoms in total. The number of nitriles is 1. The summed E-state index contributed by atoms with van der Waals surface area (Å²) in [6.45, 7) is 5.21. The molecule has 0 saturated carbocycles. The molecule has 0 spiro atoms. The van der Waals surface area contributed by atoms with E-state index in [1.807, 2.05) is 6.07 Å². The minimum Gasteiger partial charge on any atom is -0.289 e. The largest absolute Gasteiger partial charge is 0.289 e. The Balaban J connectivity index is 3.11. The zero-order valence-corrected chi connectivity index (χ0v) is 7.37. The van der Waals surface area contributed by atoms with Gasteiger partial charge in [-0.3, -0.25) is 4.79 Å². The van der Waals surface area contributed by atoms with Gasteiger partial charge >= 0.3 is 0 Å². The van der Waals surface area contributed by atoms with Gasteiger partial charge in [-0.1, -0.05) is 18.7 Å². The second-order valence-corrected chi connectivity index (χ2v) is 2.80. The topological polar surface area (TPSA) is 40.9 Å². The number of rotatable bonds is 2. The maximum atomic E-state index is 11.4. The quantitative estimate of drug-likeness (QED) is 0.506. The van der Waals surface area contributed by atoms with Crippen LogP contribution in [0.2, 0.25) is 0 Å². The third-order valence-corrected chi connectivity index (χ3v) is 1.64. The van der Waals surface area contributed by atoms with Crippen LogP contribution in [0.5, 0.6) is 0 Å². The number of carbonyl (C=O) groups is 1. The van der Waals surface area contributed by atoms with Crippen LogP contribution in [-0.2, 0) is 0 Å². The van der Waals surface area contributed by atoms with Crippen LogP contribution >= 0.6 is 0 Å². The molecule has 0 bridgehead atoms. The highest BCUT2D eigenvalue weighted by Crippen LogP contribution is 2.08. The summed E-state index contributed by atoms with van der Waals surface area (Å²) >= 11 is 0. The zero-order chi connectivity index (χ0) is 9.84. The third-order valence-electron chi connectivity index (χ3n) is 1.64. The molecule has 0 atom stereocenters. The maximum absolute atomic E-state index is 11.4. The van der Waals surface area contributed by atoms with E-state index in [2.05, 4.69) is 6.58 Å². The fraction of sp³-hybridized carbons (Fsp3) is 0.0909. The van der Waals surface area contributed by atoms with Gasteiger partial charge in [0.05, 0.1) is 11.6 Å². The van der Waals surface area contributed by atoms with E-state index in [-0.39, 0.29) is 5.78 Å². The van der Waals surface area contributed by atoms with Gasteiger partial charge in [-0.2, -0.15) is 5.26 Å². The van der Waals surface area contributed by atoms with E-state index in [1.54, 1.807) is 31.2 Å². The van der Waals surface area contributed by atoms with Crippen molar-refractivity contribution in [2.45, 2.75) is 6.92 Å². The molecule has 0 saturated heterocycles. The minimum absolute atomic E-state index is 0.114. The van der Waals surface area contributed by atoms with E-state index in [0.717, 1.165) is 0 Å². The van der Waals surface area contributed by atoms with E-state index >= 15 is 0 Å². The van der Waals surface area contributed by atoms with Gasteiger partial charge in [-0.25, -0.2) is 0 Å². The smallest absolute Gasteiger partial charge is 0.188 e. The molecule has 0 radical (unpaired) electrons. The molecule has 64 valence electrons. The molecule has 0 amide bonds. The lowest BCUT2D eigenvalue weighted by molar-refractivity contribution is 0.103. The second-order valence-electron chi connectivity index (χ2n) is 2.80. The molecule has 0 fully saturated rings. The number of nitrogens with zero attached hydrogens (tertiary/aromatic N) is 1. The van der Waals surface area contributed by atoms with Crippen molar-refractivity contribution in [3.63, 3.8) is 0 Å². The minimum atomic E-state index is -0.114. The average molecular weight is 171 g/mol. The van der Waals surface area contributed by atoms with E-state index < -0.39 is 0 Å². The summed E-state index contributed by atoms with van der Waals surface area (Å²) in [6, 6.07) is 8.58. The van der Waals surface area contributed by atoms with Gasteiger partial charge in [-0.05, 0) is 24.6 Å². The van der Waals surface area contributed by atoms with Gasteiger partial charge in [0.2, 0.25) is 0 Å². The molecule has 0 aromatic heterocycles. The van der Waals surface area contributed by atoms with Crippen molar-refractivity contribution < 1.29 is 4.79 Å². The molecule has 2 heteroatoms. The van der Waals surface area contributed by atoms with Gasteiger partial charge in [0.25, 0.3) is 0 Å². The summed E-state index contributed by atoms with van der Waals surface area (Å²) in [7, 11) is 0. The van der Waals surface area contributed by atoms with Crippen LogP contribution in [0, 0.1) is 11.3 Å². The predicted molar refractivity (Wildman–Crippen MR) is 50.3 cm³/mol. The fourth-order valence-electron chi connectivity index (χ4n) is 0.976. The predicted octanol–water partition coefficient (Wildman–Crippen LogP) is 2.32. The standard InChI is InChI=1S/C11H9NO/c1-8(2)11(13)10-5-3-4-9(6-10)7-12/h3-6H,1H2,2H3. The van der Waals surface area contributed by atoms with Gasteiger partial charge in [0.1, 0.15) is 0 Å². The van der Waals surface area contributed by atoms with Gasteiger partial charge in [0, 0.05) is 5.56 Å². The van der Waals surface area contributed by atoms with Crippen molar-refractivity contribution in [2.75, 3.05) is 0 Å². The van der Waals surface area contributed by atoms with Gasteiger partial charge in [0.15, 0.2) is 5.78 Å². The number of hydrogen-bond acceptors (Lipinski definition) is 2. The Morgan fingerprint density at radius 3 is 2.77 bits per heavy atom. The van der Waals surface area contributed by atoms with E-state index in [1.165, 1.54) is 0 Å². The lowest BCUT2D eigenvalue weighted by Gasteiger charge is -1.98. The number of benzene rings is 1. The summed E-state index contributed by atoms with van der Waals surface area (Å²) in [5, 5.41) is 8.60. The number of carbonyl (C=O) groups excluding carboxylic acids is 1. The van der Waals surface area contributed by atoms with Crippen LogP contribution in [-0.4, -0.2) is 5.78 Å². The zero-order valence-electron chi connectivity index (χ0n) is 7.37. The molecular formula is C11H9NO. The van der Waals surface area contributed by atoms with E-state index in [4.69, 9.17) is 5.26 Å². The molecule has 1 aromatic rings. The highest BCUT2D eigenvalue weighted by atomic mass is 16.1. The Morgan fingerprint density at radius 1 is 1.54 bits per heavy atom. The van der Waals surface area contributed by atoms with Crippen LogP contribution in [0.25, 0.3) is 0 Å². The first-order chi connectivity index (χ1) is 6.15. The molecule has 0 unspecified atom stereocenters. The molecular weight excluding hydrogens is 162 g/mol. The van der Waals surface area contributed by atoms with Crippen molar-refractivity contribution in [3.05, 3.63) is 47.5 Å². The van der Waals surface area contributed by atoms with Crippen LogP contribution in [0.15, 0.2) is 36.4 Å². The molecule has 0 heterocycles. The summed E-state index contributed by atoms with van der Waals surface area (Å²) in [5.41, 5.74) is 1.49. The Kier molecular flexibility index (Phi) is 2.61. The van der Waals surface area contributed by atoms with Crippen molar-refractivity contribution >= 4 is 5.78 Å². The van der Waals surface area contributed by atoms with Crippen LogP contribution in [0.4, 0.5) is 0 Å². The lowest BCUT2D eigenvalue weighted by Crippen LogP contribution is -1.99. The molecule has 0 N–H and O–H groups in total. The summed E-state index contributed by atoms with van der Waals surface area (Å²) in [4.78, 5) is 11.4. The first-order valence-corrected chi connectivity index (χ1v) is 3.85. The molecule has 0 aliphatic heterocycles. The highest BCUT2D eigenvalue weighted by Gasteiger charge is 2.05. The number of hydrogen-bond donors (Lipinski definition) is 0. The molecule has 1 rings (SSSR count). The Hall–Kier alpha value is -1.88. The normalized spacial score (nSPS) is 8.92. The third kappa shape index (κ3) is 2.03. The van der Waals surface area contributed by atoms with E-state index in [0.29, 0.717) is 16.7 Å². The first-order valence-electron chi connectivity index (χ1n) is 3.85.